The molecule has 0 spiro atoms. The smallest absolute Gasteiger partial charge is 0.309 e. The lowest BCUT2D eigenvalue weighted by Gasteiger charge is -2.09. The average molecular weight is 172 g/mol. The molecule has 0 radical (unpaired) electrons. The van der Waals surface area contributed by atoms with Crippen LogP contribution in [0.1, 0.15) is 33.6 Å². The molecule has 3 unspecified atom stereocenters. The highest BCUT2D eigenvalue weighted by Gasteiger charge is 2.52. The van der Waals surface area contributed by atoms with Gasteiger partial charge in [-0.2, -0.15) is 0 Å². The molecule has 1 fully saturated rings. The summed E-state index contributed by atoms with van der Waals surface area (Å²) in [5, 5.41) is 9.32. The van der Waals surface area contributed by atoms with Gasteiger partial charge in [-0.15, -0.1) is 0 Å². The first-order valence-electron chi connectivity index (χ1n) is 4.40. The molecule has 0 aromatic carbocycles. The molecule has 70 valence electrons. The molecule has 1 aliphatic carbocycles. The highest BCUT2D eigenvalue weighted by molar-refractivity contribution is 5.72. The summed E-state index contributed by atoms with van der Waals surface area (Å²) in [5.74, 6) is -0.248. The van der Waals surface area contributed by atoms with Gasteiger partial charge >= 0.3 is 5.97 Å². The Labute approximate surface area is 72.7 Å². The number of ether oxygens (including phenoxy) is 1. The number of carbonyl (C=O) groups excluding carboxylic acids is 1. The fourth-order valence-corrected chi connectivity index (χ4v) is 0.908. The van der Waals surface area contributed by atoms with E-state index in [-0.39, 0.29) is 18.0 Å². The van der Waals surface area contributed by atoms with E-state index >= 15 is 0 Å². The van der Waals surface area contributed by atoms with Gasteiger partial charge in [0.05, 0.1) is 5.92 Å². The number of carbonyl (C=O) groups is 1. The summed E-state index contributed by atoms with van der Waals surface area (Å²) in [6.07, 6.45) is 1.10. The van der Waals surface area contributed by atoms with Crippen LogP contribution in [0.5, 0.6) is 0 Å². The van der Waals surface area contributed by atoms with E-state index in [9.17, 15) is 9.90 Å². The average Bonchev–Trinajstić information content (AvgIpc) is 2.57. The molecule has 3 atom stereocenters. The lowest BCUT2D eigenvalue weighted by molar-refractivity contribution is -0.151. The largest absolute Gasteiger partial charge is 0.459 e. The molecular formula is C9H16O3. The lowest BCUT2D eigenvalue weighted by atomic mass is 10.1. The third kappa shape index (κ3) is 1.97. The van der Waals surface area contributed by atoms with Crippen LogP contribution in [0.3, 0.4) is 0 Å². The van der Waals surface area contributed by atoms with Gasteiger partial charge in [0.15, 0.2) is 0 Å². The van der Waals surface area contributed by atoms with Crippen LogP contribution < -0.4 is 0 Å². The van der Waals surface area contributed by atoms with Gasteiger partial charge in [0.1, 0.15) is 11.7 Å². The summed E-state index contributed by atoms with van der Waals surface area (Å²) in [7, 11) is 0. The second kappa shape index (κ2) is 3.05. The number of hydrogen-bond acceptors (Lipinski definition) is 3. The van der Waals surface area contributed by atoms with Crippen molar-refractivity contribution in [1.82, 2.24) is 0 Å². The van der Waals surface area contributed by atoms with E-state index in [0.29, 0.717) is 6.42 Å². The minimum Gasteiger partial charge on any atom is -0.459 e. The minimum atomic E-state index is -0.761. The molecular weight excluding hydrogens is 156 g/mol. The predicted octanol–water partition coefficient (Wildman–Crippen LogP) is 1.10. The highest BCUT2D eigenvalue weighted by Crippen LogP contribution is 2.38. The van der Waals surface area contributed by atoms with E-state index in [4.69, 9.17) is 4.74 Å². The van der Waals surface area contributed by atoms with Gasteiger partial charge in [-0.1, -0.05) is 13.8 Å². The Balaban J connectivity index is 2.29. The Bertz CT molecular complexity index is 186. The number of aliphatic hydroxyl groups is 1. The van der Waals surface area contributed by atoms with Crippen molar-refractivity contribution in [3.8, 4) is 0 Å². The van der Waals surface area contributed by atoms with Crippen LogP contribution in [0, 0.1) is 5.92 Å². The lowest BCUT2D eigenvalue weighted by Crippen LogP contribution is -2.19. The van der Waals surface area contributed by atoms with Gasteiger partial charge in [0, 0.05) is 6.42 Å². The van der Waals surface area contributed by atoms with Crippen molar-refractivity contribution in [1.29, 1.82) is 0 Å². The predicted molar refractivity (Wildman–Crippen MR) is 44.6 cm³/mol. The number of esters is 1. The molecule has 0 bridgehead atoms. The maximum atomic E-state index is 11.2. The van der Waals surface area contributed by atoms with E-state index in [2.05, 4.69) is 0 Å². The fourth-order valence-electron chi connectivity index (χ4n) is 0.908. The summed E-state index contributed by atoms with van der Waals surface area (Å²) < 4.78 is 5.04. The van der Waals surface area contributed by atoms with Gasteiger partial charge in [-0.25, -0.2) is 0 Å². The van der Waals surface area contributed by atoms with Crippen molar-refractivity contribution in [2.24, 2.45) is 5.92 Å². The normalized spacial score (nSPS) is 35.8. The molecule has 0 aromatic rings. The summed E-state index contributed by atoms with van der Waals surface area (Å²) in [5.41, 5.74) is -0.761. The Kier molecular flexibility index (Phi) is 2.42. The monoisotopic (exact) mass is 172 g/mol. The third-order valence-corrected chi connectivity index (χ3v) is 2.41. The van der Waals surface area contributed by atoms with Gasteiger partial charge in [-0.05, 0) is 13.3 Å². The molecule has 0 aliphatic heterocycles. The van der Waals surface area contributed by atoms with E-state index < -0.39 is 5.60 Å². The Morgan fingerprint density at radius 2 is 2.33 bits per heavy atom. The van der Waals surface area contributed by atoms with Crippen LogP contribution in [0.2, 0.25) is 0 Å². The highest BCUT2D eigenvalue weighted by atomic mass is 16.6. The zero-order valence-corrected chi connectivity index (χ0v) is 7.83. The molecule has 0 saturated heterocycles. The molecule has 1 aliphatic rings. The summed E-state index contributed by atoms with van der Waals surface area (Å²) in [6.45, 7) is 5.46. The molecule has 3 heteroatoms. The van der Waals surface area contributed by atoms with E-state index in [0.717, 1.165) is 6.42 Å². The van der Waals surface area contributed by atoms with Gasteiger partial charge in [0.2, 0.25) is 0 Å². The standard InChI is InChI=1S/C9H16O3/c1-4-6(2)8(10)12-7-5-9(7,3)11/h6-7,11H,4-5H2,1-3H3. The fraction of sp³-hybridized carbons (Fsp3) is 0.889. The van der Waals surface area contributed by atoms with Crippen molar-refractivity contribution in [3.05, 3.63) is 0 Å². The third-order valence-electron chi connectivity index (χ3n) is 2.41. The summed E-state index contributed by atoms with van der Waals surface area (Å²) >= 11 is 0. The van der Waals surface area contributed by atoms with E-state index in [1.807, 2.05) is 13.8 Å². The zero-order chi connectivity index (χ0) is 9.35. The first kappa shape index (κ1) is 9.52. The maximum Gasteiger partial charge on any atom is 0.309 e. The molecule has 1 N–H and O–H groups in total. The van der Waals surface area contributed by atoms with Crippen LogP contribution in [-0.2, 0) is 9.53 Å². The summed E-state index contributed by atoms with van der Waals surface area (Å²) in [4.78, 5) is 11.2. The van der Waals surface area contributed by atoms with Crippen molar-refractivity contribution < 1.29 is 14.6 Å². The second-order valence-electron chi connectivity index (χ2n) is 3.80. The van der Waals surface area contributed by atoms with Crippen molar-refractivity contribution in [3.63, 3.8) is 0 Å². The Morgan fingerprint density at radius 1 is 1.83 bits per heavy atom. The number of hydrogen-bond donors (Lipinski definition) is 1. The van der Waals surface area contributed by atoms with Crippen LogP contribution >= 0.6 is 0 Å². The molecule has 3 nitrogen and oxygen atoms in total. The zero-order valence-electron chi connectivity index (χ0n) is 7.83. The van der Waals surface area contributed by atoms with Crippen molar-refractivity contribution >= 4 is 5.97 Å². The van der Waals surface area contributed by atoms with E-state index in [1.54, 1.807) is 6.92 Å². The van der Waals surface area contributed by atoms with Gasteiger partial charge in [0.25, 0.3) is 0 Å². The van der Waals surface area contributed by atoms with E-state index in [1.165, 1.54) is 0 Å². The molecule has 1 rings (SSSR count). The second-order valence-corrected chi connectivity index (χ2v) is 3.80. The molecule has 1 saturated carbocycles. The maximum absolute atomic E-state index is 11.2. The van der Waals surface area contributed by atoms with Crippen LogP contribution in [0.25, 0.3) is 0 Å². The first-order chi connectivity index (χ1) is 5.47. The SMILES string of the molecule is CCC(C)C(=O)OC1CC1(C)O. The van der Waals surface area contributed by atoms with Crippen molar-refractivity contribution in [2.75, 3.05) is 0 Å². The van der Waals surface area contributed by atoms with Crippen molar-refractivity contribution in [2.45, 2.75) is 45.3 Å². The van der Waals surface area contributed by atoms with Gasteiger partial charge in [-0.3, -0.25) is 4.79 Å². The van der Waals surface area contributed by atoms with Crippen LogP contribution in [0.4, 0.5) is 0 Å². The van der Waals surface area contributed by atoms with Crippen LogP contribution in [-0.4, -0.2) is 22.8 Å². The Morgan fingerprint density at radius 3 is 2.67 bits per heavy atom. The molecule has 0 amide bonds. The minimum absolute atomic E-state index is 0.0543. The first-order valence-corrected chi connectivity index (χ1v) is 4.40. The molecule has 12 heavy (non-hydrogen) atoms. The molecule has 0 aromatic heterocycles. The topological polar surface area (TPSA) is 46.5 Å². The Hall–Kier alpha value is -0.570. The molecule has 0 heterocycles. The summed E-state index contributed by atoms with van der Waals surface area (Å²) in [6, 6.07) is 0. The quantitative estimate of drug-likeness (QED) is 0.648. The number of rotatable bonds is 3. The van der Waals surface area contributed by atoms with Gasteiger partial charge < -0.3 is 9.84 Å². The van der Waals surface area contributed by atoms with Crippen LogP contribution in [0.15, 0.2) is 0 Å².